The molecule has 5 rings (SSSR count). The molecular formula is C24H27N5O3S. The number of sulfonamides is 1. The third-order valence-electron chi connectivity index (χ3n) is 6.01. The number of aromatic nitrogens is 2. The number of nitrogens with zero attached hydrogens (tertiary/aromatic N) is 4. The van der Waals surface area contributed by atoms with Gasteiger partial charge < -0.3 is 15.0 Å². The molecule has 0 radical (unpaired) electrons. The van der Waals surface area contributed by atoms with Gasteiger partial charge in [-0.15, -0.1) is 0 Å². The standard InChI is InChI=1S/C24H27N5O3S/c1-17-3-5-20(6-4-17)27-23-16-24(26-18(2)25-23)28-10-12-29(13-11-28)33(30,31)21-7-8-22-19(15-21)9-14-32-22/h3-8,15-16H,9-14H2,1-2H3,(H,25,26,27). The van der Waals surface area contributed by atoms with Gasteiger partial charge in [-0.05, 0) is 49.7 Å². The van der Waals surface area contributed by atoms with Crippen LogP contribution in [0.2, 0.25) is 0 Å². The van der Waals surface area contributed by atoms with E-state index >= 15 is 0 Å². The maximum atomic E-state index is 13.2. The Morgan fingerprint density at radius 2 is 1.70 bits per heavy atom. The van der Waals surface area contributed by atoms with Crippen LogP contribution >= 0.6 is 0 Å². The summed E-state index contributed by atoms with van der Waals surface area (Å²) in [6, 6.07) is 15.2. The molecule has 2 aliphatic rings. The van der Waals surface area contributed by atoms with Crippen LogP contribution in [0.3, 0.4) is 0 Å². The molecule has 0 aliphatic carbocycles. The summed E-state index contributed by atoms with van der Waals surface area (Å²) in [5.74, 6) is 2.96. The van der Waals surface area contributed by atoms with Gasteiger partial charge in [0.2, 0.25) is 10.0 Å². The van der Waals surface area contributed by atoms with Gasteiger partial charge in [0.05, 0.1) is 11.5 Å². The predicted octanol–water partition coefficient (Wildman–Crippen LogP) is 3.28. The van der Waals surface area contributed by atoms with E-state index in [-0.39, 0.29) is 0 Å². The third-order valence-corrected chi connectivity index (χ3v) is 7.90. The molecule has 3 aromatic rings. The maximum Gasteiger partial charge on any atom is 0.243 e. The normalized spacial score (nSPS) is 16.4. The van der Waals surface area contributed by atoms with Gasteiger partial charge in [0.25, 0.3) is 0 Å². The van der Waals surface area contributed by atoms with Gasteiger partial charge in [-0.2, -0.15) is 4.31 Å². The van der Waals surface area contributed by atoms with E-state index in [0.717, 1.165) is 35.1 Å². The summed E-state index contributed by atoms with van der Waals surface area (Å²) < 4.78 is 33.5. The van der Waals surface area contributed by atoms with Gasteiger partial charge >= 0.3 is 0 Å². The highest BCUT2D eigenvalue weighted by Gasteiger charge is 2.30. The molecule has 1 fully saturated rings. The summed E-state index contributed by atoms with van der Waals surface area (Å²) in [7, 11) is -3.54. The number of hydrogen-bond donors (Lipinski definition) is 1. The fourth-order valence-corrected chi connectivity index (χ4v) is 5.67. The predicted molar refractivity (Wildman–Crippen MR) is 128 cm³/mol. The van der Waals surface area contributed by atoms with Crippen molar-refractivity contribution in [2.45, 2.75) is 25.2 Å². The van der Waals surface area contributed by atoms with Gasteiger partial charge in [-0.3, -0.25) is 0 Å². The first-order valence-corrected chi connectivity index (χ1v) is 12.5. The molecular weight excluding hydrogens is 438 g/mol. The zero-order chi connectivity index (χ0) is 23.0. The van der Waals surface area contributed by atoms with Crippen molar-refractivity contribution in [1.82, 2.24) is 14.3 Å². The Morgan fingerprint density at radius 1 is 0.939 bits per heavy atom. The number of benzene rings is 2. The van der Waals surface area contributed by atoms with Gasteiger partial charge in [-0.1, -0.05) is 17.7 Å². The summed E-state index contributed by atoms with van der Waals surface area (Å²) in [6.07, 6.45) is 0.749. The molecule has 0 saturated carbocycles. The Morgan fingerprint density at radius 3 is 2.45 bits per heavy atom. The molecule has 33 heavy (non-hydrogen) atoms. The van der Waals surface area contributed by atoms with E-state index in [1.54, 1.807) is 22.5 Å². The van der Waals surface area contributed by atoms with E-state index in [1.165, 1.54) is 5.56 Å². The first-order chi connectivity index (χ1) is 15.9. The lowest BCUT2D eigenvalue weighted by molar-refractivity contribution is 0.356. The van der Waals surface area contributed by atoms with Crippen molar-refractivity contribution >= 4 is 27.3 Å². The Bertz CT molecular complexity index is 1270. The molecule has 2 aliphatic heterocycles. The van der Waals surface area contributed by atoms with Crippen LogP contribution < -0.4 is 15.0 Å². The number of aryl methyl sites for hydroxylation is 2. The Labute approximate surface area is 194 Å². The zero-order valence-corrected chi connectivity index (χ0v) is 19.6. The minimum absolute atomic E-state index is 0.336. The Hall–Kier alpha value is -3.17. The zero-order valence-electron chi connectivity index (χ0n) is 18.8. The van der Waals surface area contributed by atoms with Crippen LogP contribution in [0.1, 0.15) is 17.0 Å². The first-order valence-electron chi connectivity index (χ1n) is 11.1. The number of ether oxygens (including phenoxy) is 1. The SMILES string of the molecule is Cc1ccc(Nc2cc(N3CCN(S(=O)(=O)c4ccc5c(c4)CCO5)CC3)nc(C)n2)cc1. The average molecular weight is 466 g/mol. The molecule has 0 unspecified atom stereocenters. The van der Waals surface area contributed by atoms with Gasteiger partial charge in [0, 0.05) is 44.4 Å². The second-order valence-electron chi connectivity index (χ2n) is 8.41. The highest BCUT2D eigenvalue weighted by Crippen LogP contribution is 2.29. The van der Waals surface area contributed by atoms with Crippen molar-refractivity contribution in [3.63, 3.8) is 0 Å². The summed E-state index contributed by atoms with van der Waals surface area (Å²) in [4.78, 5) is 11.5. The van der Waals surface area contributed by atoms with Crippen LogP contribution in [0, 0.1) is 13.8 Å². The molecule has 0 spiro atoms. The molecule has 8 nitrogen and oxygen atoms in total. The number of fused-ring (bicyclic) bond motifs is 1. The van der Waals surface area contributed by atoms with Gasteiger partial charge in [0.15, 0.2) is 0 Å². The fourth-order valence-electron chi connectivity index (χ4n) is 4.19. The van der Waals surface area contributed by atoms with Crippen LogP contribution in [0.4, 0.5) is 17.3 Å². The fraction of sp³-hybridized carbons (Fsp3) is 0.333. The quantitative estimate of drug-likeness (QED) is 0.619. The second-order valence-corrected chi connectivity index (χ2v) is 10.3. The smallest absolute Gasteiger partial charge is 0.243 e. The highest BCUT2D eigenvalue weighted by molar-refractivity contribution is 7.89. The van der Waals surface area contributed by atoms with E-state index in [1.807, 2.05) is 37.3 Å². The van der Waals surface area contributed by atoms with E-state index in [9.17, 15) is 8.42 Å². The largest absolute Gasteiger partial charge is 0.493 e. The maximum absolute atomic E-state index is 13.2. The van der Waals surface area contributed by atoms with Crippen molar-refractivity contribution in [3.8, 4) is 5.75 Å². The minimum Gasteiger partial charge on any atom is -0.493 e. The lowest BCUT2D eigenvalue weighted by Crippen LogP contribution is -2.49. The lowest BCUT2D eigenvalue weighted by Gasteiger charge is -2.34. The number of hydrogen-bond acceptors (Lipinski definition) is 7. The van der Waals surface area contributed by atoms with E-state index in [4.69, 9.17) is 4.74 Å². The number of nitrogens with one attached hydrogen (secondary N) is 1. The molecule has 3 heterocycles. The van der Waals surface area contributed by atoms with Crippen molar-refractivity contribution in [2.24, 2.45) is 0 Å². The van der Waals surface area contributed by atoms with Crippen LogP contribution in [0.5, 0.6) is 5.75 Å². The Kier molecular flexibility index (Phi) is 5.67. The summed E-state index contributed by atoms with van der Waals surface area (Å²) in [5, 5.41) is 3.33. The topological polar surface area (TPSA) is 87.7 Å². The number of rotatable bonds is 5. The van der Waals surface area contributed by atoms with E-state index < -0.39 is 10.0 Å². The van der Waals surface area contributed by atoms with E-state index in [2.05, 4.69) is 27.1 Å². The molecule has 2 aromatic carbocycles. The van der Waals surface area contributed by atoms with E-state index in [0.29, 0.717) is 43.5 Å². The molecule has 0 amide bonds. The molecule has 1 saturated heterocycles. The van der Waals surface area contributed by atoms with Gasteiger partial charge in [-0.25, -0.2) is 18.4 Å². The molecule has 9 heteroatoms. The van der Waals surface area contributed by atoms with Crippen LogP contribution in [-0.2, 0) is 16.4 Å². The Balaban J connectivity index is 1.29. The van der Waals surface area contributed by atoms with Crippen molar-refractivity contribution in [1.29, 1.82) is 0 Å². The number of piperazine rings is 1. The first kappa shape index (κ1) is 21.7. The highest BCUT2D eigenvalue weighted by atomic mass is 32.2. The second kappa shape index (κ2) is 8.64. The third kappa shape index (κ3) is 4.51. The summed E-state index contributed by atoms with van der Waals surface area (Å²) >= 11 is 0. The molecule has 0 atom stereocenters. The molecule has 1 N–H and O–H groups in total. The lowest BCUT2D eigenvalue weighted by atomic mass is 10.2. The van der Waals surface area contributed by atoms with Crippen LogP contribution in [0.15, 0.2) is 53.4 Å². The molecule has 1 aromatic heterocycles. The molecule has 0 bridgehead atoms. The monoisotopic (exact) mass is 465 g/mol. The average Bonchev–Trinajstić information content (AvgIpc) is 3.28. The van der Waals surface area contributed by atoms with Crippen molar-refractivity contribution < 1.29 is 13.2 Å². The van der Waals surface area contributed by atoms with Crippen molar-refractivity contribution in [3.05, 3.63) is 65.5 Å². The summed E-state index contributed by atoms with van der Waals surface area (Å²) in [6.45, 7) is 6.45. The van der Waals surface area contributed by atoms with Crippen LogP contribution in [-0.4, -0.2) is 55.5 Å². The van der Waals surface area contributed by atoms with Crippen molar-refractivity contribution in [2.75, 3.05) is 43.0 Å². The number of anilines is 3. The summed E-state index contributed by atoms with van der Waals surface area (Å²) in [5.41, 5.74) is 3.11. The minimum atomic E-state index is -3.54. The van der Waals surface area contributed by atoms with Gasteiger partial charge in [0.1, 0.15) is 23.2 Å². The molecule has 172 valence electrons. The van der Waals surface area contributed by atoms with Crippen LogP contribution in [0.25, 0.3) is 0 Å².